The van der Waals surface area contributed by atoms with Crippen molar-refractivity contribution in [3.8, 4) is 0 Å². The monoisotopic (exact) mass is 309 g/mol. The van der Waals surface area contributed by atoms with Gasteiger partial charge in [0.15, 0.2) is 0 Å². The minimum atomic E-state index is -0.166. The van der Waals surface area contributed by atoms with Crippen LogP contribution in [0.5, 0.6) is 0 Å². The average Bonchev–Trinajstić information content (AvgIpc) is 2.07. The summed E-state index contributed by atoms with van der Waals surface area (Å²) in [6, 6.07) is 3.53. The zero-order valence-corrected chi connectivity index (χ0v) is 9.90. The fourth-order valence-electron chi connectivity index (χ4n) is 1.53. The lowest BCUT2D eigenvalue weighted by Crippen LogP contribution is -2.15. The molecule has 1 unspecified atom stereocenters. The molecule has 1 aliphatic rings. The molecular formula is C9H9FINS. The van der Waals surface area contributed by atoms with Gasteiger partial charge < -0.3 is 5.32 Å². The highest BCUT2D eigenvalue weighted by Gasteiger charge is 2.20. The van der Waals surface area contributed by atoms with E-state index in [1.807, 2.05) is 6.07 Å². The maximum atomic E-state index is 13.4. The number of hydrogen-bond acceptors (Lipinski definition) is 2. The molecule has 1 aromatic rings. The SMILES string of the molecule is Fc1cc(I)cc2c1NCCC2S. The van der Waals surface area contributed by atoms with Crippen molar-refractivity contribution in [3.63, 3.8) is 0 Å². The quantitative estimate of drug-likeness (QED) is 0.554. The molecule has 1 heterocycles. The Morgan fingerprint density at radius 1 is 1.54 bits per heavy atom. The Balaban J connectivity index is 2.56. The van der Waals surface area contributed by atoms with Gasteiger partial charge in [0.1, 0.15) is 5.82 Å². The maximum absolute atomic E-state index is 13.4. The number of fused-ring (bicyclic) bond motifs is 1. The van der Waals surface area contributed by atoms with Crippen molar-refractivity contribution in [2.24, 2.45) is 0 Å². The van der Waals surface area contributed by atoms with Crippen molar-refractivity contribution in [1.29, 1.82) is 0 Å². The number of nitrogens with one attached hydrogen (secondary N) is 1. The summed E-state index contributed by atoms with van der Waals surface area (Å²) in [5.41, 5.74) is 1.62. The molecule has 0 bridgehead atoms. The summed E-state index contributed by atoms with van der Waals surface area (Å²) < 4.78 is 14.3. The van der Waals surface area contributed by atoms with E-state index in [1.165, 1.54) is 6.07 Å². The summed E-state index contributed by atoms with van der Waals surface area (Å²) in [6.07, 6.45) is 0.954. The molecule has 2 rings (SSSR count). The van der Waals surface area contributed by atoms with E-state index in [4.69, 9.17) is 0 Å². The van der Waals surface area contributed by atoms with Crippen molar-refractivity contribution < 1.29 is 4.39 Å². The molecule has 1 aromatic carbocycles. The zero-order valence-electron chi connectivity index (χ0n) is 6.85. The van der Waals surface area contributed by atoms with E-state index in [0.717, 1.165) is 22.1 Å². The Labute approximate surface area is 95.7 Å². The van der Waals surface area contributed by atoms with Gasteiger partial charge in [-0.2, -0.15) is 12.6 Å². The van der Waals surface area contributed by atoms with Crippen LogP contribution in [0.15, 0.2) is 12.1 Å². The van der Waals surface area contributed by atoms with Gasteiger partial charge in [0.2, 0.25) is 0 Å². The molecule has 70 valence electrons. The van der Waals surface area contributed by atoms with Crippen LogP contribution in [0.3, 0.4) is 0 Å². The topological polar surface area (TPSA) is 12.0 Å². The molecule has 0 fully saturated rings. The highest BCUT2D eigenvalue weighted by molar-refractivity contribution is 14.1. The lowest BCUT2D eigenvalue weighted by molar-refractivity contribution is 0.621. The number of hydrogen-bond donors (Lipinski definition) is 2. The first-order valence-electron chi connectivity index (χ1n) is 4.09. The van der Waals surface area contributed by atoms with Crippen LogP contribution in [0.25, 0.3) is 0 Å². The molecule has 1 N–H and O–H groups in total. The smallest absolute Gasteiger partial charge is 0.147 e. The first-order valence-corrected chi connectivity index (χ1v) is 5.69. The normalized spacial score (nSPS) is 20.7. The van der Waals surface area contributed by atoms with E-state index in [1.54, 1.807) is 0 Å². The van der Waals surface area contributed by atoms with Crippen LogP contribution in [0.4, 0.5) is 10.1 Å². The molecule has 0 aromatic heterocycles. The van der Waals surface area contributed by atoms with Gasteiger partial charge in [-0.05, 0) is 46.7 Å². The highest BCUT2D eigenvalue weighted by Crippen LogP contribution is 2.36. The van der Waals surface area contributed by atoms with Gasteiger partial charge in [-0.1, -0.05) is 0 Å². The van der Waals surface area contributed by atoms with Crippen LogP contribution in [0, 0.1) is 9.39 Å². The standard InChI is InChI=1S/C9H9FINS/c10-7-4-5(11)3-6-8(13)1-2-12-9(6)7/h3-4,8,12-13H,1-2H2. The Morgan fingerprint density at radius 3 is 3.08 bits per heavy atom. The van der Waals surface area contributed by atoms with Gasteiger partial charge in [0.05, 0.1) is 5.69 Å². The van der Waals surface area contributed by atoms with Crippen LogP contribution < -0.4 is 5.32 Å². The van der Waals surface area contributed by atoms with E-state index in [2.05, 4.69) is 40.5 Å². The predicted octanol–water partition coefficient (Wildman–Crippen LogP) is 3.22. The summed E-state index contributed by atoms with van der Waals surface area (Å²) in [6.45, 7) is 0.804. The fraction of sp³-hybridized carbons (Fsp3) is 0.333. The van der Waals surface area contributed by atoms with Crippen LogP contribution in [-0.4, -0.2) is 6.54 Å². The number of anilines is 1. The van der Waals surface area contributed by atoms with E-state index in [0.29, 0.717) is 5.69 Å². The molecule has 1 nitrogen and oxygen atoms in total. The number of halogens is 2. The summed E-state index contributed by atoms with van der Waals surface area (Å²) in [4.78, 5) is 0. The molecule has 0 amide bonds. The van der Waals surface area contributed by atoms with Crippen LogP contribution >= 0.6 is 35.2 Å². The number of thiol groups is 1. The molecule has 1 aliphatic heterocycles. The Morgan fingerprint density at radius 2 is 2.31 bits per heavy atom. The third-order valence-corrected chi connectivity index (χ3v) is 3.32. The Kier molecular flexibility index (Phi) is 2.69. The molecule has 0 radical (unpaired) electrons. The summed E-state index contributed by atoms with van der Waals surface area (Å²) in [7, 11) is 0. The molecule has 0 saturated carbocycles. The lowest BCUT2D eigenvalue weighted by Gasteiger charge is -2.23. The van der Waals surface area contributed by atoms with E-state index in [-0.39, 0.29) is 11.1 Å². The number of benzene rings is 1. The average molecular weight is 309 g/mol. The van der Waals surface area contributed by atoms with E-state index >= 15 is 0 Å². The Bertz CT molecular complexity index is 343. The molecule has 0 spiro atoms. The predicted molar refractivity (Wildman–Crippen MR) is 64.0 cm³/mol. The second-order valence-corrected chi connectivity index (χ2v) is 4.95. The van der Waals surface area contributed by atoms with Crippen LogP contribution in [0.1, 0.15) is 17.2 Å². The van der Waals surface area contributed by atoms with Crippen molar-refractivity contribution in [1.82, 2.24) is 0 Å². The maximum Gasteiger partial charge on any atom is 0.147 e. The largest absolute Gasteiger partial charge is 0.382 e. The first-order chi connectivity index (χ1) is 6.18. The molecule has 0 saturated heterocycles. The molecule has 1 atom stereocenters. The van der Waals surface area contributed by atoms with Crippen LogP contribution in [0.2, 0.25) is 0 Å². The first kappa shape index (κ1) is 9.58. The van der Waals surface area contributed by atoms with Gasteiger partial charge in [0, 0.05) is 15.4 Å². The highest BCUT2D eigenvalue weighted by atomic mass is 127. The summed E-state index contributed by atoms with van der Waals surface area (Å²) >= 11 is 6.54. The van der Waals surface area contributed by atoms with Gasteiger partial charge >= 0.3 is 0 Å². The molecule has 13 heavy (non-hydrogen) atoms. The van der Waals surface area contributed by atoms with Gasteiger partial charge in [-0.15, -0.1) is 0 Å². The zero-order chi connectivity index (χ0) is 9.42. The van der Waals surface area contributed by atoms with Gasteiger partial charge in [-0.3, -0.25) is 0 Å². The minimum absolute atomic E-state index is 0.166. The third-order valence-electron chi connectivity index (χ3n) is 2.16. The Hall–Kier alpha value is 0.0300. The second kappa shape index (κ2) is 3.65. The third kappa shape index (κ3) is 1.79. The summed E-state index contributed by atoms with van der Waals surface area (Å²) in [5.74, 6) is -0.166. The van der Waals surface area contributed by atoms with Crippen LogP contribution in [-0.2, 0) is 0 Å². The van der Waals surface area contributed by atoms with Gasteiger partial charge in [-0.25, -0.2) is 4.39 Å². The molecule has 0 aliphatic carbocycles. The van der Waals surface area contributed by atoms with E-state index in [9.17, 15) is 4.39 Å². The van der Waals surface area contributed by atoms with Crippen molar-refractivity contribution in [2.45, 2.75) is 11.7 Å². The molecule has 4 heteroatoms. The van der Waals surface area contributed by atoms with Crippen molar-refractivity contribution in [3.05, 3.63) is 27.1 Å². The second-order valence-electron chi connectivity index (χ2n) is 3.08. The number of rotatable bonds is 0. The molecular weight excluding hydrogens is 300 g/mol. The lowest BCUT2D eigenvalue weighted by atomic mass is 10.0. The fourth-order valence-corrected chi connectivity index (χ4v) is 2.47. The van der Waals surface area contributed by atoms with Crippen molar-refractivity contribution >= 4 is 40.9 Å². The minimum Gasteiger partial charge on any atom is -0.382 e. The summed E-state index contributed by atoms with van der Waals surface area (Å²) in [5, 5.41) is 3.23. The van der Waals surface area contributed by atoms with Gasteiger partial charge in [0.25, 0.3) is 0 Å². The van der Waals surface area contributed by atoms with Crippen molar-refractivity contribution in [2.75, 3.05) is 11.9 Å². The van der Waals surface area contributed by atoms with E-state index < -0.39 is 0 Å².